The molecule has 0 radical (unpaired) electrons. The van der Waals surface area contributed by atoms with Crippen molar-refractivity contribution in [1.82, 2.24) is 20.2 Å². The van der Waals surface area contributed by atoms with Gasteiger partial charge in [-0.1, -0.05) is 0 Å². The van der Waals surface area contributed by atoms with Gasteiger partial charge in [-0.25, -0.2) is 9.78 Å². The molecule has 6 heteroatoms. The van der Waals surface area contributed by atoms with E-state index < -0.39 is 0 Å². The van der Waals surface area contributed by atoms with Crippen LogP contribution in [0.2, 0.25) is 0 Å². The predicted octanol–water partition coefficient (Wildman–Crippen LogP) is 2.43. The zero-order valence-electron chi connectivity index (χ0n) is 11.8. The number of hydrogen-bond acceptors (Lipinski definition) is 4. The lowest BCUT2D eigenvalue weighted by atomic mass is 10.1. The maximum absolute atomic E-state index is 12.1. The molecule has 1 fully saturated rings. The molecule has 2 amide bonds. The molecular weight excluding hydrogens is 268 g/mol. The Morgan fingerprint density at radius 2 is 2.05 bits per heavy atom. The van der Waals surface area contributed by atoms with Gasteiger partial charge >= 0.3 is 6.03 Å². The zero-order valence-corrected chi connectivity index (χ0v) is 11.8. The van der Waals surface area contributed by atoms with Gasteiger partial charge in [0.15, 0.2) is 5.76 Å². The van der Waals surface area contributed by atoms with Crippen molar-refractivity contribution in [3.63, 3.8) is 0 Å². The van der Waals surface area contributed by atoms with Gasteiger partial charge in [-0.2, -0.15) is 0 Å². The number of carbonyl (C=O) groups excluding carboxylic acids is 1. The van der Waals surface area contributed by atoms with Crippen molar-refractivity contribution >= 4 is 6.03 Å². The van der Waals surface area contributed by atoms with E-state index in [4.69, 9.17) is 4.42 Å². The summed E-state index contributed by atoms with van der Waals surface area (Å²) < 4.78 is 5.36. The molecule has 2 aromatic rings. The van der Waals surface area contributed by atoms with Crippen molar-refractivity contribution < 1.29 is 9.21 Å². The highest BCUT2D eigenvalue weighted by Gasteiger charge is 2.17. The first-order valence-corrected chi connectivity index (χ1v) is 7.21. The highest BCUT2D eigenvalue weighted by molar-refractivity contribution is 5.74. The van der Waals surface area contributed by atoms with Crippen LogP contribution in [-0.4, -0.2) is 34.0 Å². The van der Waals surface area contributed by atoms with Gasteiger partial charge in [0.25, 0.3) is 0 Å². The van der Waals surface area contributed by atoms with Gasteiger partial charge in [-0.3, -0.25) is 4.98 Å². The van der Waals surface area contributed by atoms with Gasteiger partial charge in [-0.15, -0.1) is 0 Å². The molecule has 0 bridgehead atoms. The van der Waals surface area contributed by atoms with Gasteiger partial charge in [0.1, 0.15) is 5.69 Å². The van der Waals surface area contributed by atoms with Crippen LogP contribution in [0, 0.1) is 0 Å². The molecule has 0 spiro atoms. The first-order valence-electron chi connectivity index (χ1n) is 7.21. The van der Waals surface area contributed by atoms with E-state index in [1.807, 2.05) is 11.0 Å². The summed E-state index contributed by atoms with van der Waals surface area (Å²) in [6, 6.07) is 3.60. The number of hydrogen-bond donors (Lipinski definition) is 1. The Morgan fingerprint density at radius 3 is 2.81 bits per heavy atom. The number of aromatic nitrogens is 2. The minimum atomic E-state index is -0.0363. The molecular formula is C15H18N4O2. The largest absolute Gasteiger partial charge is 0.463 e. The summed E-state index contributed by atoms with van der Waals surface area (Å²) in [6.45, 7) is 2.01. The summed E-state index contributed by atoms with van der Waals surface area (Å²) in [5, 5.41) is 2.91. The van der Waals surface area contributed by atoms with Crippen LogP contribution < -0.4 is 5.32 Å². The first kappa shape index (κ1) is 13.6. The highest BCUT2D eigenvalue weighted by atomic mass is 16.3. The van der Waals surface area contributed by atoms with Gasteiger partial charge < -0.3 is 14.6 Å². The quantitative estimate of drug-likeness (QED) is 0.940. The van der Waals surface area contributed by atoms with Crippen LogP contribution in [0.3, 0.4) is 0 Å². The maximum Gasteiger partial charge on any atom is 0.317 e. The Kier molecular flexibility index (Phi) is 4.14. The van der Waals surface area contributed by atoms with Crippen molar-refractivity contribution in [3.8, 4) is 11.5 Å². The number of urea groups is 1. The third-order valence-electron chi connectivity index (χ3n) is 3.58. The lowest BCUT2D eigenvalue weighted by molar-refractivity contribution is 0.186. The summed E-state index contributed by atoms with van der Waals surface area (Å²) in [7, 11) is 0. The van der Waals surface area contributed by atoms with E-state index in [0.717, 1.165) is 25.9 Å². The number of amides is 2. The fraction of sp³-hybridized carbons (Fsp3) is 0.400. The maximum atomic E-state index is 12.1. The van der Waals surface area contributed by atoms with Crippen molar-refractivity contribution in [2.45, 2.75) is 25.8 Å². The molecule has 1 aliphatic rings. The van der Waals surface area contributed by atoms with Crippen LogP contribution in [-0.2, 0) is 6.54 Å². The fourth-order valence-electron chi connectivity index (χ4n) is 2.48. The SMILES string of the molecule is O=C(NCc1nccnc1-c1ccco1)N1CCCCC1. The summed E-state index contributed by atoms with van der Waals surface area (Å²) in [5.74, 6) is 0.658. The molecule has 1 saturated heterocycles. The van der Waals surface area contributed by atoms with Gasteiger partial charge in [0.2, 0.25) is 0 Å². The molecule has 6 nitrogen and oxygen atoms in total. The smallest absolute Gasteiger partial charge is 0.317 e. The van der Waals surface area contributed by atoms with E-state index in [1.165, 1.54) is 6.42 Å². The van der Waals surface area contributed by atoms with Gasteiger partial charge in [-0.05, 0) is 31.4 Å². The van der Waals surface area contributed by atoms with E-state index in [1.54, 1.807) is 24.7 Å². The van der Waals surface area contributed by atoms with E-state index >= 15 is 0 Å². The van der Waals surface area contributed by atoms with Crippen molar-refractivity contribution in [1.29, 1.82) is 0 Å². The van der Waals surface area contributed by atoms with Crippen LogP contribution in [0.1, 0.15) is 25.0 Å². The second-order valence-corrected chi connectivity index (χ2v) is 5.04. The Hall–Kier alpha value is -2.37. The number of piperidine rings is 1. The number of nitrogens with one attached hydrogen (secondary N) is 1. The standard InChI is InChI=1S/C15H18N4O2/c20-15(19-8-2-1-3-9-19)18-11-12-14(17-7-6-16-12)13-5-4-10-21-13/h4-7,10H,1-3,8-9,11H2,(H,18,20). The number of rotatable bonds is 3. The summed E-state index contributed by atoms with van der Waals surface area (Å²) in [4.78, 5) is 22.6. The number of carbonyl (C=O) groups is 1. The molecule has 2 aromatic heterocycles. The van der Waals surface area contributed by atoms with E-state index in [2.05, 4.69) is 15.3 Å². The Balaban J connectivity index is 1.66. The normalized spacial score (nSPS) is 15.0. The molecule has 0 unspecified atom stereocenters. The average Bonchev–Trinajstić information content (AvgIpc) is 3.08. The van der Waals surface area contributed by atoms with Crippen LogP contribution in [0.25, 0.3) is 11.5 Å². The first-order chi connectivity index (χ1) is 10.3. The van der Waals surface area contributed by atoms with E-state index in [0.29, 0.717) is 23.7 Å². The van der Waals surface area contributed by atoms with Gasteiger partial charge in [0.05, 0.1) is 18.5 Å². The lowest BCUT2D eigenvalue weighted by Crippen LogP contribution is -2.42. The Bertz CT molecular complexity index is 591. The van der Waals surface area contributed by atoms with Crippen LogP contribution in [0.4, 0.5) is 4.79 Å². The summed E-state index contributed by atoms with van der Waals surface area (Å²) in [5.41, 5.74) is 1.37. The molecule has 0 saturated carbocycles. The average molecular weight is 286 g/mol. The third kappa shape index (κ3) is 3.21. The molecule has 21 heavy (non-hydrogen) atoms. The second kappa shape index (κ2) is 6.39. The van der Waals surface area contributed by atoms with E-state index in [9.17, 15) is 4.79 Å². The molecule has 110 valence electrons. The minimum Gasteiger partial charge on any atom is -0.463 e. The van der Waals surface area contributed by atoms with Crippen molar-refractivity contribution in [3.05, 3.63) is 36.5 Å². The molecule has 3 heterocycles. The Morgan fingerprint density at radius 1 is 1.24 bits per heavy atom. The van der Waals surface area contributed by atoms with Crippen molar-refractivity contribution in [2.24, 2.45) is 0 Å². The van der Waals surface area contributed by atoms with E-state index in [-0.39, 0.29) is 6.03 Å². The van der Waals surface area contributed by atoms with Crippen LogP contribution >= 0.6 is 0 Å². The third-order valence-corrected chi connectivity index (χ3v) is 3.58. The van der Waals surface area contributed by atoms with Crippen LogP contribution in [0.15, 0.2) is 35.2 Å². The molecule has 0 aromatic carbocycles. The Labute approximate surface area is 123 Å². The monoisotopic (exact) mass is 286 g/mol. The summed E-state index contributed by atoms with van der Waals surface area (Å²) >= 11 is 0. The van der Waals surface area contributed by atoms with Gasteiger partial charge in [0, 0.05) is 25.5 Å². The number of nitrogens with zero attached hydrogens (tertiary/aromatic N) is 3. The zero-order chi connectivity index (χ0) is 14.5. The molecule has 0 atom stereocenters. The summed E-state index contributed by atoms with van der Waals surface area (Å²) in [6.07, 6.45) is 8.20. The highest BCUT2D eigenvalue weighted by Crippen LogP contribution is 2.19. The molecule has 3 rings (SSSR count). The number of furan rings is 1. The van der Waals surface area contributed by atoms with Crippen molar-refractivity contribution in [2.75, 3.05) is 13.1 Å². The lowest BCUT2D eigenvalue weighted by Gasteiger charge is -2.26. The minimum absolute atomic E-state index is 0.0363. The molecule has 0 aliphatic carbocycles. The topological polar surface area (TPSA) is 71.3 Å². The number of likely N-dealkylation sites (tertiary alicyclic amines) is 1. The second-order valence-electron chi connectivity index (χ2n) is 5.04. The molecule has 1 aliphatic heterocycles. The molecule has 1 N–H and O–H groups in total. The van der Waals surface area contributed by atoms with Crippen LogP contribution in [0.5, 0.6) is 0 Å². The fourth-order valence-corrected chi connectivity index (χ4v) is 2.48. The predicted molar refractivity (Wildman–Crippen MR) is 77.4 cm³/mol.